The lowest BCUT2D eigenvalue weighted by atomic mass is 10.1. The average Bonchev–Trinajstić information content (AvgIpc) is 0.800. The maximum absolute atomic E-state index is 13.8. The second kappa shape index (κ2) is 40.0. The Kier molecular flexibility index (Phi) is 29.7. The van der Waals surface area contributed by atoms with Crippen LogP contribution in [0.4, 0.5) is 76.8 Å². The summed E-state index contributed by atoms with van der Waals surface area (Å²) in [5.41, 5.74) is 35.1. The number of anilines is 8. The van der Waals surface area contributed by atoms with Crippen LogP contribution in [0.5, 0.6) is 0 Å². The molecule has 12 N–H and O–H groups in total. The van der Waals surface area contributed by atoms with E-state index in [0.717, 1.165) is 98.4 Å². The van der Waals surface area contributed by atoms with Crippen molar-refractivity contribution in [3.8, 4) is 45.0 Å². The van der Waals surface area contributed by atoms with Gasteiger partial charge in [-0.3, -0.25) is 19.2 Å². The number of nitrogens with zero attached hydrogens (tertiary/aromatic N) is 8. The van der Waals surface area contributed by atoms with Gasteiger partial charge >= 0.3 is 0 Å². The summed E-state index contributed by atoms with van der Waals surface area (Å²) in [5.74, 6) is -12.7. The van der Waals surface area contributed by atoms with E-state index < -0.39 is 58.6 Å². The van der Waals surface area contributed by atoms with Crippen molar-refractivity contribution in [3.05, 3.63) is 284 Å². The van der Waals surface area contributed by atoms with Crippen molar-refractivity contribution in [2.45, 2.75) is 98.3 Å². The van der Waals surface area contributed by atoms with Crippen molar-refractivity contribution in [2.24, 2.45) is 0 Å². The second-order valence-corrected chi connectivity index (χ2v) is 26.4. The molecule has 0 atom stereocenters. The second-order valence-electron chi connectivity index (χ2n) is 25.1. The smallest absolute Gasteiger partial charge is 0.256 e. The molecule has 20 nitrogen and oxygen atoms in total. The van der Waals surface area contributed by atoms with Crippen LogP contribution in [-0.2, 0) is 59.3 Å². The number of rotatable bonds is 23. The first-order chi connectivity index (χ1) is 53.4. The fourth-order valence-corrected chi connectivity index (χ4v) is 11.2. The Morgan fingerprint density at radius 2 is 0.658 bits per heavy atom. The van der Waals surface area contributed by atoms with Crippen molar-refractivity contribution in [2.75, 3.05) is 44.2 Å². The van der Waals surface area contributed by atoms with E-state index in [4.69, 9.17) is 32.9 Å². The van der Waals surface area contributed by atoms with Crippen LogP contribution in [0.2, 0.25) is 0 Å². The van der Waals surface area contributed by atoms with Crippen LogP contribution in [0.15, 0.2) is 195 Å². The molecule has 0 bridgehead atoms. The number of halogens is 8. The summed E-state index contributed by atoms with van der Waals surface area (Å²) in [6.45, 7) is 8.03. The summed E-state index contributed by atoms with van der Waals surface area (Å²) in [6.07, 6.45) is 11.3. The number of hydrogen-bond acceptors (Lipinski definition) is 16. The minimum atomic E-state index is -2.28. The van der Waals surface area contributed by atoms with Crippen LogP contribution in [0.25, 0.3) is 45.0 Å². The summed E-state index contributed by atoms with van der Waals surface area (Å²) >= 11 is 2.25. The lowest BCUT2D eigenvalue weighted by Crippen LogP contribution is -2.20. The van der Waals surface area contributed by atoms with Crippen LogP contribution in [0.3, 0.4) is 0 Å². The van der Waals surface area contributed by atoms with Gasteiger partial charge < -0.3 is 44.2 Å². The molecule has 570 valence electrons. The van der Waals surface area contributed by atoms with Gasteiger partial charge in [0.25, 0.3) is 5.91 Å². The van der Waals surface area contributed by atoms with E-state index in [2.05, 4.69) is 87.6 Å². The summed E-state index contributed by atoms with van der Waals surface area (Å²) in [6, 6.07) is 49.6. The van der Waals surface area contributed by atoms with Crippen molar-refractivity contribution in [3.63, 3.8) is 0 Å². The molecule has 0 aliphatic heterocycles. The van der Waals surface area contributed by atoms with Crippen LogP contribution in [0, 0.1) is 44.3 Å². The zero-order valence-corrected chi connectivity index (χ0v) is 63.0. The van der Waals surface area contributed by atoms with Crippen molar-refractivity contribution in [1.29, 1.82) is 0 Å². The topological polar surface area (TPSA) is 324 Å². The number of amides is 4. The summed E-state index contributed by atoms with van der Waals surface area (Å²) in [5, 5.41) is 10.8. The first-order valence-electron chi connectivity index (χ1n) is 35.2. The minimum absolute atomic E-state index is 0.0370. The Morgan fingerprint density at radius 3 is 0.991 bits per heavy atom. The Labute approximate surface area is 649 Å². The van der Waals surface area contributed by atoms with E-state index in [1.165, 1.54) is 12.3 Å². The van der Waals surface area contributed by atoms with E-state index in [0.29, 0.717) is 99.8 Å². The summed E-state index contributed by atoms with van der Waals surface area (Å²) in [7, 11) is 0. The van der Waals surface area contributed by atoms with Crippen molar-refractivity contribution < 1.29 is 49.9 Å². The van der Waals surface area contributed by atoms with Gasteiger partial charge in [0, 0.05) is 59.7 Å². The molecule has 0 fully saturated rings. The van der Waals surface area contributed by atoms with E-state index in [1.807, 2.05) is 117 Å². The number of aryl methyl sites for hydroxylation is 4. The van der Waals surface area contributed by atoms with E-state index in [9.17, 15) is 49.9 Å². The predicted octanol–water partition coefficient (Wildman–Crippen LogP) is 17.1. The van der Waals surface area contributed by atoms with Gasteiger partial charge in [-0.1, -0.05) is 138 Å². The van der Waals surface area contributed by atoms with Gasteiger partial charge in [-0.2, -0.15) is 0 Å². The van der Waals surface area contributed by atoms with Gasteiger partial charge in [-0.05, 0) is 144 Å². The van der Waals surface area contributed by atoms with Gasteiger partial charge in [-0.25, -0.2) is 70.6 Å². The normalized spacial score (nSPS) is 10.7. The molecule has 28 heteroatoms. The van der Waals surface area contributed by atoms with E-state index >= 15 is 0 Å². The first-order valence-corrected chi connectivity index (χ1v) is 36.3. The molecule has 0 spiro atoms. The molecule has 111 heavy (non-hydrogen) atoms. The van der Waals surface area contributed by atoms with E-state index in [-0.39, 0.29) is 30.0 Å². The van der Waals surface area contributed by atoms with Gasteiger partial charge in [0.2, 0.25) is 23.5 Å². The molecule has 4 aromatic heterocycles. The maximum atomic E-state index is 13.8. The molecular weight excluding hydrogens is 1540 g/mol. The fraction of sp³-hybridized carbons (Fsp3) is 0.181. The first kappa shape index (κ1) is 82.5. The molecule has 8 aromatic carbocycles. The van der Waals surface area contributed by atoms with Crippen LogP contribution < -0.4 is 44.2 Å². The molecule has 0 radical (unpaired) electrons. The van der Waals surface area contributed by atoms with Gasteiger partial charge in [0.1, 0.15) is 0 Å². The zero-order chi connectivity index (χ0) is 79.7. The number of carbonyl (C=O) groups is 4. The number of nitrogen functional groups attached to an aromatic ring is 4. The highest BCUT2D eigenvalue weighted by atomic mass is 127. The third-order valence-electron chi connectivity index (χ3n) is 16.5. The molecule has 0 unspecified atom stereocenters. The number of hydrogen-bond donors (Lipinski definition) is 8. The SMILES string of the molecule is CCCc1nc(-c2ccc(N)cc2)cnc1NC(=O)Cc1c(F)c(F)c(F)c(F)c1F.CCCc1nc(-c2ccc(N)cc2)cnc1NC(=O)Cc1ccc(F)c(F)c1.CCCc1nc(-c2ccc(N)cc2)cnc1NC(=O)Cc1ccc(I)cc1.CCCc1nc(-c2ccc(N)cc2)cnc1NC(=O)c1ccccc1. The lowest BCUT2D eigenvalue weighted by molar-refractivity contribution is -0.116. The average molecular weight is 1620 g/mol. The molecule has 4 amide bonds. The molecule has 4 heterocycles. The van der Waals surface area contributed by atoms with Gasteiger partial charge in [-0.15, -0.1) is 0 Å². The molecule has 12 rings (SSSR count). The molecule has 0 aliphatic carbocycles. The lowest BCUT2D eigenvalue weighted by Gasteiger charge is -2.12. The monoisotopic (exact) mass is 1620 g/mol. The quantitative estimate of drug-likeness (QED) is 0.00970. The maximum Gasteiger partial charge on any atom is 0.256 e. The number of nitrogens with one attached hydrogen (secondary N) is 4. The third kappa shape index (κ3) is 23.5. The molecule has 0 aliphatic rings. The highest BCUT2D eigenvalue weighted by molar-refractivity contribution is 14.1. The summed E-state index contributed by atoms with van der Waals surface area (Å²) < 4.78 is 95.0. The Morgan fingerprint density at radius 1 is 0.351 bits per heavy atom. The number of carbonyl (C=O) groups excluding carboxylic acids is 4. The predicted molar refractivity (Wildman–Crippen MR) is 427 cm³/mol. The standard InChI is InChI=1S/C21H17F5N4O.C21H20F2N4O.C21H21IN4O.C20H20N4O/c1-2-3-13-21(28-9-14(29-13)10-4-6-11(27)7-5-10)30-15(31)8-12-16(22)18(24)20(26)19(25)17(12)23;1-2-3-18-21(25-12-19(26-18)14-5-7-15(24)8-6-14)27-20(28)11-13-4-9-16(22)17(23)10-13;1-2-3-18-21(26-20(27)12-14-4-8-16(22)9-5-14)24-13-19(25-18)15-6-10-17(23)11-7-15;1-2-6-17-19(24-20(25)15-7-4-3-5-8-15)22-13-18(23-17)14-9-11-16(21)12-10-14/h4-7,9H,2-3,8,27H2,1H3,(H,28,30,31);4-10,12H,2-3,11,24H2,1H3,(H,25,27,28);4-11,13H,2-3,12,23H2,1H3,(H,24,26,27);3-5,7-13H,2,6,21H2,1H3,(H,22,24,25). The van der Waals surface area contributed by atoms with Crippen LogP contribution >= 0.6 is 22.6 Å². The molecule has 0 saturated carbocycles. The van der Waals surface area contributed by atoms with Gasteiger partial charge in [0.15, 0.2) is 58.2 Å². The third-order valence-corrected chi connectivity index (χ3v) is 17.2. The highest BCUT2D eigenvalue weighted by Gasteiger charge is 2.28. The molecular formula is C83H78F7IN16O4. The largest absolute Gasteiger partial charge is 0.399 e. The number of aromatic nitrogens is 8. The zero-order valence-electron chi connectivity index (χ0n) is 60.8. The fourth-order valence-electron chi connectivity index (χ4n) is 10.8. The van der Waals surface area contributed by atoms with E-state index in [1.54, 1.807) is 67.1 Å². The number of benzene rings is 8. The number of nitrogens with two attached hydrogens (primary N) is 4. The van der Waals surface area contributed by atoms with Crippen molar-refractivity contribution in [1.82, 2.24) is 39.9 Å². The van der Waals surface area contributed by atoms with Crippen molar-refractivity contribution >= 4 is 92.2 Å². The molecule has 12 aromatic rings. The van der Waals surface area contributed by atoms with Crippen LogP contribution in [-0.4, -0.2) is 63.5 Å². The highest BCUT2D eigenvalue weighted by Crippen LogP contribution is 2.29. The Hall–Kier alpha value is -12.6. The Balaban J connectivity index is 0.000000171. The van der Waals surface area contributed by atoms with Crippen LogP contribution in [0.1, 0.15) is 103 Å². The Bertz CT molecular complexity index is 5180. The molecule has 0 saturated heterocycles. The minimum Gasteiger partial charge on any atom is -0.399 e. The summed E-state index contributed by atoms with van der Waals surface area (Å²) in [4.78, 5) is 85.3. The van der Waals surface area contributed by atoms with Gasteiger partial charge in [0.05, 0.1) is 89.6 Å².